The first kappa shape index (κ1) is 18.1. The molecule has 0 saturated carbocycles. The van der Waals surface area contributed by atoms with E-state index in [1.807, 2.05) is 12.1 Å². The third kappa shape index (κ3) is 5.11. The molecule has 2 aromatic rings. The summed E-state index contributed by atoms with van der Waals surface area (Å²) >= 11 is 5.85. The second kappa shape index (κ2) is 8.56. The number of rotatable bonds is 6. The van der Waals surface area contributed by atoms with Gasteiger partial charge in [-0.25, -0.2) is 0 Å². The Morgan fingerprint density at radius 2 is 1.72 bits per heavy atom. The minimum atomic E-state index is -0.499. The van der Waals surface area contributed by atoms with Crippen LogP contribution in [0.4, 0.5) is 5.69 Å². The molecule has 1 saturated heterocycles. The first-order valence-corrected chi connectivity index (χ1v) is 9.09. The number of nitrogens with zero attached hydrogens (tertiary/aromatic N) is 2. The Kier molecular flexibility index (Phi) is 6.19. The van der Waals surface area contributed by atoms with Gasteiger partial charge >= 0.3 is 0 Å². The number of halogens is 1. The van der Waals surface area contributed by atoms with Crippen molar-refractivity contribution in [3.05, 3.63) is 59.1 Å². The standard InChI is InChI=1S/C20H25ClN2O2/c1-16-4-2-3-5-20(16)23-12-10-22(11-13-23)14-18(24)15-25-19-8-6-17(21)7-9-19/h2-9,18,24H,10-15H2,1H3. The van der Waals surface area contributed by atoms with E-state index in [-0.39, 0.29) is 0 Å². The van der Waals surface area contributed by atoms with Crippen molar-refractivity contribution in [3.8, 4) is 5.75 Å². The molecule has 0 spiro atoms. The Hall–Kier alpha value is -1.75. The summed E-state index contributed by atoms with van der Waals surface area (Å²) in [5, 5.41) is 10.9. The summed E-state index contributed by atoms with van der Waals surface area (Å²) in [6.07, 6.45) is -0.499. The van der Waals surface area contributed by atoms with E-state index in [2.05, 4.69) is 41.0 Å². The molecule has 1 unspecified atom stereocenters. The maximum Gasteiger partial charge on any atom is 0.119 e. The monoisotopic (exact) mass is 360 g/mol. The Balaban J connectivity index is 1.42. The maximum atomic E-state index is 10.2. The average molecular weight is 361 g/mol. The highest BCUT2D eigenvalue weighted by Gasteiger charge is 2.20. The molecule has 1 aliphatic heterocycles. The molecule has 0 bridgehead atoms. The fraction of sp³-hybridized carbons (Fsp3) is 0.400. The van der Waals surface area contributed by atoms with Gasteiger partial charge in [0, 0.05) is 43.4 Å². The molecule has 2 aromatic carbocycles. The van der Waals surface area contributed by atoms with Gasteiger partial charge in [-0.1, -0.05) is 29.8 Å². The van der Waals surface area contributed by atoms with E-state index in [1.54, 1.807) is 12.1 Å². The molecule has 1 N–H and O–H groups in total. The van der Waals surface area contributed by atoms with Crippen LogP contribution in [0.2, 0.25) is 5.02 Å². The van der Waals surface area contributed by atoms with Crippen LogP contribution in [0.1, 0.15) is 5.56 Å². The number of piperazine rings is 1. The number of benzene rings is 2. The van der Waals surface area contributed by atoms with Crippen molar-refractivity contribution in [2.45, 2.75) is 13.0 Å². The molecule has 0 aromatic heterocycles. The van der Waals surface area contributed by atoms with Gasteiger partial charge in [0.2, 0.25) is 0 Å². The normalized spacial score (nSPS) is 16.7. The third-order valence-corrected chi connectivity index (χ3v) is 4.81. The molecule has 1 aliphatic rings. The summed E-state index contributed by atoms with van der Waals surface area (Å²) < 4.78 is 5.62. The number of para-hydroxylation sites is 1. The molecular formula is C20H25ClN2O2. The first-order chi connectivity index (χ1) is 12.1. The van der Waals surface area contributed by atoms with Gasteiger partial charge in [0.25, 0.3) is 0 Å². The lowest BCUT2D eigenvalue weighted by atomic mass is 10.1. The van der Waals surface area contributed by atoms with Gasteiger partial charge in [-0.3, -0.25) is 4.90 Å². The number of aliphatic hydroxyl groups is 1. The van der Waals surface area contributed by atoms with Gasteiger partial charge in [0.1, 0.15) is 18.5 Å². The highest BCUT2D eigenvalue weighted by Crippen LogP contribution is 2.21. The highest BCUT2D eigenvalue weighted by atomic mass is 35.5. The van der Waals surface area contributed by atoms with Gasteiger partial charge in [0.05, 0.1) is 0 Å². The maximum absolute atomic E-state index is 10.2. The molecule has 134 valence electrons. The largest absolute Gasteiger partial charge is 0.491 e. The molecule has 1 fully saturated rings. The second-order valence-corrected chi connectivity index (χ2v) is 6.93. The molecule has 4 nitrogen and oxygen atoms in total. The SMILES string of the molecule is Cc1ccccc1N1CCN(CC(O)COc2ccc(Cl)cc2)CC1. The van der Waals surface area contributed by atoms with E-state index in [0.29, 0.717) is 18.2 Å². The lowest BCUT2D eigenvalue weighted by Crippen LogP contribution is -2.49. The lowest BCUT2D eigenvalue weighted by Gasteiger charge is -2.37. The molecule has 5 heteroatoms. The lowest BCUT2D eigenvalue weighted by molar-refractivity contribution is 0.0663. The molecule has 1 heterocycles. The number of ether oxygens (including phenoxy) is 1. The van der Waals surface area contributed by atoms with Crippen LogP contribution in [-0.2, 0) is 0 Å². The van der Waals surface area contributed by atoms with E-state index >= 15 is 0 Å². The van der Waals surface area contributed by atoms with Gasteiger partial charge < -0.3 is 14.7 Å². The van der Waals surface area contributed by atoms with Crippen LogP contribution in [-0.4, -0.2) is 55.4 Å². The molecule has 0 radical (unpaired) electrons. The van der Waals surface area contributed by atoms with Crippen molar-refractivity contribution in [1.82, 2.24) is 4.90 Å². The Bertz CT molecular complexity index is 670. The summed E-state index contributed by atoms with van der Waals surface area (Å²) in [7, 11) is 0. The quantitative estimate of drug-likeness (QED) is 0.858. The zero-order valence-electron chi connectivity index (χ0n) is 14.6. The molecule has 0 aliphatic carbocycles. The number of aryl methyl sites for hydroxylation is 1. The highest BCUT2D eigenvalue weighted by molar-refractivity contribution is 6.30. The van der Waals surface area contributed by atoms with Gasteiger partial charge in [-0.15, -0.1) is 0 Å². The Morgan fingerprint density at radius 1 is 1.04 bits per heavy atom. The molecule has 1 atom stereocenters. The number of hydrogen-bond acceptors (Lipinski definition) is 4. The molecule has 3 rings (SSSR count). The zero-order chi connectivity index (χ0) is 17.6. The number of aliphatic hydroxyl groups excluding tert-OH is 1. The Morgan fingerprint density at radius 3 is 2.40 bits per heavy atom. The smallest absolute Gasteiger partial charge is 0.119 e. The number of hydrogen-bond donors (Lipinski definition) is 1. The van der Waals surface area contributed by atoms with Crippen molar-refractivity contribution in [2.24, 2.45) is 0 Å². The van der Waals surface area contributed by atoms with Crippen molar-refractivity contribution < 1.29 is 9.84 Å². The van der Waals surface area contributed by atoms with Crippen LogP contribution in [0.5, 0.6) is 5.75 Å². The zero-order valence-corrected chi connectivity index (χ0v) is 15.3. The molecule has 25 heavy (non-hydrogen) atoms. The number of anilines is 1. The van der Waals surface area contributed by atoms with Crippen molar-refractivity contribution >= 4 is 17.3 Å². The van der Waals surface area contributed by atoms with Crippen LogP contribution in [0.25, 0.3) is 0 Å². The van der Waals surface area contributed by atoms with Crippen LogP contribution in [0.15, 0.2) is 48.5 Å². The summed E-state index contributed by atoms with van der Waals surface area (Å²) in [5.41, 5.74) is 2.63. The van der Waals surface area contributed by atoms with Crippen molar-refractivity contribution in [1.29, 1.82) is 0 Å². The predicted octanol–water partition coefficient (Wildman–Crippen LogP) is 3.21. The van der Waals surface area contributed by atoms with Crippen molar-refractivity contribution in [3.63, 3.8) is 0 Å². The van der Waals surface area contributed by atoms with Crippen LogP contribution >= 0.6 is 11.6 Å². The van der Waals surface area contributed by atoms with E-state index in [1.165, 1.54) is 11.3 Å². The average Bonchev–Trinajstić information content (AvgIpc) is 2.62. The fourth-order valence-corrected chi connectivity index (χ4v) is 3.29. The third-order valence-electron chi connectivity index (χ3n) is 4.55. The minimum Gasteiger partial charge on any atom is -0.491 e. The first-order valence-electron chi connectivity index (χ1n) is 8.71. The fourth-order valence-electron chi connectivity index (χ4n) is 3.16. The molecule has 0 amide bonds. The minimum absolute atomic E-state index is 0.291. The van der Waals surface area contributed by atoms with Crippen molar-refractivity contribution in [2.75, 3.05) is 44.2 Å². The van der Waals surface area contributed by atoms with E-state index < -0.39 is 6.10 Å². The van der Waals surface area contributed by atoms with E-state index in [0.717, 1.165) is 31.9 Å². The van der Waals surface area contributed by atoms with Crippen LogP contribution in [0, 0.1) is 6.92 Å². The summed E-state index contributed by atoms with van der Waals surface area (Å²) in [4.78, 5) is 4.72. The second-order valence-electron chi connectivity index (χ2n) is 6.49. The van der Waals surface area contributed by atoms with Gasteiger partial charge in [-0.05, 0) is 42.8 Å². The number of β-amino-alcohol motifs (C(OH)–C–C–N with tert-alkyl or cyclic N) is 1. The van der Waals surface area contributed by atoms with E-state index in [9.17, 15) is 5.11 Å². The van der Waals surface area contributed by atoms with Crippen LogP contribution < -0.4 is 9.64 Å². The summed E-state index contributed by atoms with van der Waals surface area (Å²) in [5.74, 6) is 0.729. The molecular weight excluding hydrogens is 336 g/mol. The van der Waals surface area contributed by atoms with Gasteiger partial charge in [0.15, 0.2) is 0 Å². The summed E-state index contributed by atoms with van der Waals surface area (Å²) in [6.45, 7) is 6.94. The van der Waals surface area contributed by atoms with Crippen LogP contribution in [0.3, 0.4) is 0 Å². The summed E-state index contributed by atoms with van der Waals surface area (Å²) in [6, 6.07) is 15.7. The van der Waals surface area contributed by atoms with E-state index in [4.69, 9.17) is 16.3 Å². The predicted molar refractivity (Wildman–Crippen MR) is 103 cm³/mol. The topological polar surface area (TPSA) is 35.9 Å². The Labute approximate surface area is 154 Å². The van der Waals surface area contributed by atoms with Gasteiger partial charge in [-0.2, -0.15) is 0 Å².